The van der Waals surface area contributed by atoms with E-state index in [0.717, 1.165) is 11.1 Å². The Morgan fingerprint density at radius 3 is 2.79 bits per heavy atom. The molecule has 0 aliphatic heterocycles. The lowest BCUT2D eigenvalue weighted by Gasteiger charge is -2.06. The highest BCUT2D eigenvalue weighted by Gasteiger charge is 2.13. The second-order valence-corrected chi connectivity index (χ2v) is 6.40. The number of aromatic nitrogens is 4. The lowest BCUT2D eigenvalue weighted by molar-refractivity contribution is -0.119. The summed E-state index contributed by atoms with van der Waals surface area (Å²) in [4.78, 5) is 40.1. The molecule has 1 aromatic carbocycles. The maximum Gasteiger partial charge on any atom is 0.338 e. The first-order chi connectivity index (χ1) is 14.1. The molecule has 0 spiro atoms. The van der Waals surface area contributed by atoms with Gasteiger partial charge in [0.05, 0.1) is 16.6 Å². The number of ether oxygens (including phenoxy) is 1. The molecule has 0 bridgehead atoms. The SMILES string of the molecule is Cc1ccc(NC(=O)COC(=O)c2ccc3nc(-c4cccnc4)[nH]c3c2)nc1. The Kier molecular flexibility index (Phi) is 4.98. The van der Waals surface area contributed by atoms with Crippen molar-refractivity contribution in [1.82, 2.24) is 19.9 Å². The minimum atomic E-state index is -0.601. The molecule has 0 saturated heterocycles. The molecule has 4 aromatic rings. The molecule has 0 aliphatic rings. The van der Waals surface area contributed by atoms with Gasteiger partial charge < -0.3 is 15.0 Å². The lowest BCUT2D eigenvalue weighted by atomic mass is 10.2. The summed E-state index contributed by atoms with van der Waals surface area (Å²) in [5.41, 5.74) is 3.54. The number of hydrogen-bond donors (Lipinski definition) is 2. The smallest absolute Gasteiger partial charge is 0.338 e. The van der Waals surface area contributed by atoms with Crippen LogP contribution in [0.2, 0.25) is 0 Å². The second-order valence-electron chi connectivity index (χ2n) is 6.40. The normalized spacial score (nSPS) is 10.7. The van der Waals surface area contributed by atoms with Gasteiger partial charge in [-0.1, -0.05) is 6.07 Å². The minimum absolute atomic E-state index is 0.320. The van der Waals surface area contributed by atoms with Gasteiger partial charge in [-0.15, -0.1) is 0 Å². The standard InChI is InChI=1S/C21H17N5O3/c1-13-4-7-18(23-10-13)26-19(27)12-29-21(28)14-5-6-16-17(9-14)25-20(24-16)15-3-2-8-22-11-15/h2-11H,12H2,1H3,(H,24,25)(H,23,26,27). The van der Waals surface area contributed by atoms with Crippen LogP contribution in [0.15, 0.2) is 61.1 Å². The summed E-state index contributed by atoms with van der Waals surface area (Å²) in [5, 5.41) is 2.58. The van der Waals surface area contributed by atoms with E-state index in [-0.39, 0.29) is 0 Å². The van der Waals surface area contributed by atoms with E-state index in [1.165, 1.54) is 0 Å². The van der Waals surface area contributed by atoms with E-state index in [0.29, 0.717) is 28.2 Å². The Morgan fingerprint density at radius 2 is 2.03 bits per heavy atom. The van der Waals surface area contributed by atoms with Crippen molar-refractivity contribution in [3.63, 3.8) is 0 Å². The Hall–Kier alpha value is -4.07. The Labute approximate surface area is 166 Å². The highest BCUT2D eigenvalue weighted by Crippen LogP contribution is 2.20. The largest absolute Gasteiger partial charge is 0.452 e. The Bertz CT molecular complexity index is 1170. The van der Waals surface area contributed by atoms with Gasteiger partial charge in [-0.25, -0.2) is 14.8 Å². The first kappa shape index (κ1) is 18.3. The summed E-state index contributed by atoms with van der Waals surface area (Å²) in [6.45, 7) is 1.49. The van der Waals surface area contributed by atoms with Crippen LogP contribution < -0.4 is 5.32 Å². The zero-order chi connectivity index (χ0) is 20.2. The zero-order valence-electron chi connectivity index (χ0n) is 15.5. The number of rotatable bonds is 5. The number of imidazole rings is 1. The maximum absolute atomic E-state index is 12.3. The van der Waals surface area contributed by atoms with Crippen LogP contribution in [0.3, 0.4) is 0 Å². The number of H-pyrrole nitrogens is 1. The molecule has 3 aromatic heterocycles. The molecular formula is C21H17N5O3. The van der Waals surface area contributed by atoms with E-state index in [2.05, 4.69) is 25.3 Å². The number of benzene rings is 1. The third kappa shape index (κ3) is 4.27. The van der Waals surface area contributed by atoms with E-state index in [4.69, 9.17) is 4.74 Å². The average molecular weight is 387 g/mol. The molecule has 0 atom stereocenters. The number of pyridine rings is 2. The van der Waals surface area contributed by atoms with Crippen LogP contribution in [0, 0.1) is 6.92 Å². The fourth-order valence-corrected chi connectivity index (χ4v) is 2.71. The summed E-state index contributed by atoms with van der Waals surface area (Å²) >= 11 is 0. The van der Waals surface area contributed by atoms with Crippen molar-refractivity contribution < 1.29 is 14.3 Å². The van der Waals surface area contributed by atoms with Crippen LogP contribution in [-0.2, 0) is 9.53 Å². The fourth-order valence-electron chi connectivity index (χ4n) is 2.71. The number of amides is 1. The van der Waals surface area contributed by atoms with Gasteiger partial charge in [0.1, 0.15) is 11.6 Å². The van der Waals surface area contributed by atoms with Crippen molar-refractivity contribution in [2.45, 2.75) is 6.92 Å². The number of esters is 1. The highest BCUT2D eigenvalue weighted by molar-refractivity contribution is 5.97. The molecule has 2 N–H and O–H groups in total. The van der Waals surface area contributed by atoms with E-state index in [1.807, 2.05) is 25.1 Å². The zero-order valence-corrected chi connectivity index (χ0v) is 15.5. The van der Waals surface area contributed by atoms with Crippen LogP contribution in [0.1, 0.15) is 15.9 Å². The Morgan fingerprint density at radius 1 is 1.14 bits per heavy atom. The third-order valence-electron chi connectivity index (χ3n) is 4.17. The summed E-state index contributed by atoms with van der Waals surface area (Å²) in [6, 6.07) is 12.2. The third-order valence-corrected chi connectivity index (χ3v) is 4.17. The summed E-state index contributed by atoms with van der Waals surface area (Å²) < 4.78 is 5.10. The lowest BCUT2D eigenvalue weighted by Crippen LogP contribution is -2.21. The first-order valence-electron chi connectivity index (χ1n) is 8.88. The molecule has 8 heteroatoms. The van der Waals surface area contributed by atoms with Crippen molar-refractivity contribution in [2.24, 2.45) is 0 Å². The monoisotopic (exact) mass is 387 g/mol. The molecule has 29 heavy (non-hydrogen) atoms. The molecule has 3 heterocycles. The summed E-state index contributed by atoms with van der Waals surface area (Å²) in [6.07, 6.45) is 5.03. The number of carbonyl (C=O) groups excluding carboxylic acids is 2. The molecule has 8 nitrogen and oxygen atoms in total. The molecule has 0 radical (unpaired) electrons. The Balaban J connectivity index is 1.41. The number of aryl methyl sites for hydroxylation is 1. The first-order valence-corrected chi connectivity index (χ1v) is 8.88. The van der Waals surface area contributed by atoms with Gasteiger partial charge in [0, 0.05) is 24.2 Å². The fraction of sp³-hybridized carbons (Fsp3) is 0.0952. The van der Waals surface area contributed by atoms with Crippen LogP contribution in [0.4, 0.5) is 5.82 Å². The van der Waals surface area contributed by atoms with Gasteiger partial charge >= 0.3 is 5.97 Å². The predicted molar refractivity (Wildman–Crippen MR) is 107 cm³/mol. The number of carbonyl (C=O) groups is 2. The van der Waals surface area contributed by atoms with Crippen LogP contribution in [0.25, 0.3) is 22.4 Å². The molecule has 0 aliphatic carbocycles. The predicted octanol–water partition coefficient (Wildman–Crippen LogP) is 3.12. The van der Waals surface area contributed by atoms with Crippen LogP contribution in [0.5, 0.6) is 0 Å². The van der Waals surface area contributed by atoms with Gasteiger partial charge in [0.15, 0.2) is 6.61 Å². The number of anilines is 1. The summed E-state index contributed by atoms with van der Waals surface area (Å²) in [7, 11) is 0. The van der Waals surface area contributed by atoms with Crippen molar-refractivity contribution in [3.05, 3.63) is 72.2 Å². The molecule has 144 valence electrons. The van der Waals surface area contributed by atoms with E-state index >= 15 is 0 Å². The van der Waals surface area contributed by atoms with Crippen molar-refractivity contribution in [2.75, 3.05) is 11.9 Å². The van der Waals surface area contributed by atoms with E-state index in [1.54, 1.807) is 42.9 Å². The average Bonchev–Trinajstić information content (AvgIpc) is 3.18. The topological polar surface area (TPSA) is 110 Å². The molecule has 0 saturated carbocycles. The van der Waals surface area contributed by atoms with E-state index < -0.39 is 18.5 Å². The molecule has 0 fully saturated rings. The van der Waals surface area contributed by atoms with Gasteiger partial charge in [-0.3, -0.25) is 9.78 Å². The maximum atomic E-state index is 12.3. The number of aromatic amines is 1. The van der Waals surface area contributed by atoms with Crippen LogP contribution >= 0.6 is 0 Å². The van der Waals surface area contributed by atoms with E-state index in [9.17, 15) is 9.59 Å². The molecular weight excluding hydrogens is 370 g/mol. The summed E-state index contributed by atoms with van der Waals surface area (Å²) in [5.74, 6) is -0.00493. The van der Waals surface area contributed by atoms with Gasteiger partial charge in [-0.05, 0) is 48.9 Å². The van der Waals surface area contributed by atoms with Crippen molar-refractivity contribution in [3.8, 4) is 11.4 Å². The van der Waals surface area contributed by atoms with Gasteiger partial charge in [0.2, 0.25) is 0 Å². The quantitative estimate of drug-likeness (QED) is 0.509. The number of fused-ring (bicyclic) bond motifs is 1. The number of nitrogens with one attached hydrogen (secondary N) is 2. The minimum Gasteiger partial charge on any atom is -0.452 e. The highest BCUT2D eigenvalue weighted by atomic mass is 16.5. The number of hydrogen-bond acceptors (Lipinski definition) is 6. The van der Waals surface area contributed by atoms with Crippen molar-refractivity contribution >= 4 is 28.7 Å². The second kappa shape index (κ2) is 7.89. The molecule has 4 rings (SSSR count). The number of nitrogens with zero attached hydrogens (tertiary/aromatic N) is 3. The van der Waals surface area contributed by atoms with Crippen molar-refractivity contribution in [1.29, 1.82) is 0 Å². The van der Waals surface area contributed by atoms with Crippen LogP contribution in [-0.4, -0.2) is 38.4 Å². The molecule has 0 unspecified atom stereocenters. The van der Waals surface area contributed by atoms with Gasteiger partial charge in [0.25, 0.3) is 5.91 Å². The molecule has 1 amide bonds. The van der Waals surface area contributed by atoms with Gasteiger partial charge in [-0.2, -0.15) is 0 Å².